The SMILES string of the molecule is CCC(NCC1CCC(C)CC1)c1cccc(Cl)c1. The predicted octanol–water partition coefficient (Wildman–Crippen LogP) is 5.21. The van der Waals surface area contributed by atoms with Gasteiger partial charge in [0.15, 0.2) is 0 Å². The number of nitrogens with one attached hydrogen (secondary N) is 1. The standard InChI is InChI=1S/C17H26ClN/c1-3-17(15-5-4-6-16(18)11-15)19-12-14-9-7-13(2)8-10-14/h4-6,11,13-14,17,19H,3,7-10,12H2,1-2H3. The average Bonchev–Trinajstić information content (AvgIpc) is 2.42. The normalized spacial score (nSPS) is 25.2. The van der Waals surface area contributed by atoms with Gasteiger partial charge in [0.05, 0.1) is 0 Å². The molecule has 0 aliphatic heterocycles. The molecule has 1 nitrogen and oxygen atoms in total. The van der Waals surface area contributed by atoms with E-state index in [0.717, 1.165) is 29.8 Å². The summed E-state index contributed by atoms with van der Waals surface area (Å²) in [6, 6.07) is 8.70. The quantitative estimate of drug-likeness (QED) is 0.780. The highest BCUT2D eigenvalue weighted by Gasteiger charge is 2.19. The summed E-state index contributed by atoms with van der Waals surface area (Å²) in [7, 11) is 0. The molecule has 1 N–H and O–H groups in total. The van der Waals surface area contributed by atoms with E-state index in [1.54, 1.807) is 0 Å². The molecule has 0 spiro atoms. The van der Waals surface area contributed by atoms with E-state index in [1.807, 2.05) is 12.1 Å². The molecule has 1 aromatic rings. The number of hydrogen-bond donors (Lipinski definition) is 1. The van der Waals surface area contributed by atoms with Gasteiger partial charge in [-0.25, -0.2) is 0 Å². The minimum Gasteiger partial charge on any atom is -0.310 e. The Morgan fingerprint density at radius 2 is 2.00 bits per heavy atom. The molecule has 1 unspecified atom stereocenters. The second kappa shape index (κ2) is 7.31. The molecular formula is C17H26ClN. The van der Waals surface area contributed by atoms with Crippen LogP contribution in [0.15, 0.2) is 24.3 Å². The number of rotatable bonds is 5. The summed E-state index contributed by atoms with van der Waals surface area (Å²) in [6.07, 6.45) is 6.70. The van der Waals surface area contributed by atoms with Gasteiger partial charge in [-0.3, -0.25) is 0 Å². The monoisotopic (exact) mass is 279 g/mol. The van der Waals surface area contributed by atoms with Gasteiger partial charge in [0.2, 0.25) is 0 Å². The number of hydrogen-bond acceptors (Lipinski definition) is 1. The first-order valence-corrected chi connectivity index (χ1v) is 8.05. The highest BCUT2D eigenvalue weighted by Crippen LogP contribution is 2.28. The van der Waals surface area contributed by atoms with Gasteiger partial charge in [0, 0.05) is 11.1 Å². The van der Waals surface area contributed by atoms with Crippen molar-refractivity contribution in [2.24, 2.45) is 11.8 Å². The lowest BCUT2D eigenvalue weighted by Crippen LogP contribution is -2.29. The predicted molar refractivity (Wildman–Crippen MR) is 83.6 cm³/mol. The summed E-state index contributed by atoms with van der Waals surface area (Å²) in [4.78, 5) is 0. The molecule has 0 amide bonds. The Morgan fingerprint density at radius 3 is 2.63 bits per heavy atom. The molecule has 1 fully saturated rings. The fourth-order valence-electron chi connectivity index (χ4n) is 3.06. The van der Waals surface area contributed by atoms with Gasteiger partial charge in [-0.05, 0) is 55.3 Å². The lowest BCUT2D eigenvalue weighted by atomic mass is 9.83. The zero-order valence-electron chi connectivity index (χ0n) is 12.2. The fraction of sp³-hybridized carbons (Fsp3) is 0.647. The van der Waals surface area contributed by atoms with Gasteiger partial charge in [-0.2, -0.15) is 0 Å². The van der Waals surface area contributed by atoms with Crippen molar-refractivity contribution in [3.8, 4) is 0 Å². The second-order valence-corrected chi connectivity index (χ2v) is 6.49. The Labute approximate surface area is 122 Å². The molecule has 0 radical (unpaired) electrons. The van der Waals surface area contributed by atoms with Crippen LogP contribution in [0.3, 0.4) is 0 Å². The van der Waals surface area contributed by atoms with Crippen molar-refractivity contribution in [1.29, 1.82) is 0 Å². The summed E-state index contributed by atoms with van der Waals surface area (Å²) in [5, 5.41) is 4.58. The molecule has 0 saturated heterocycles. The van der Waals surface area contributed by atoms with Crippen LogP contribution >= 0.6 is 11.6 Å². The largest absolute Gasteiger partial charge is 0.310 e. The van der Waals surface area contributed by atoms with Crippen LogP contribution in [0.4, 0.5) is 0 Å². The van der Waals surface area contributed by atoms with Crippen LogP contribution in [0.1, 0.15) is 57.6 Å². The molecule has 106 valence electrons. The highest BCUT2D eigenvalue weighted by molar-refractivity contribution is 6.30. The Morgan fingerprint density at radius 1 is 1.26 bits per heavy atom. The lowest BCUT2D eigenvalue weighted by molar-refractivity contribution is 0.273. The zero-order valence-corrected chi connectivity index (χ0v) is 12.9. The van der Waals surface area contributed by atoms with Crippen molar-refractivity contribution >= 4 is 11.6 Å². The molecule has 2 heteroatoms. The van der Waals surface area contributed by atoms with Crippen LogP contribution < -0.4 is 5.32 Å². The molecule has 0 aromatic heterocycles. The lowest BCUT2D eigenvalue weighted by Gasteiger charge is -2.28. The maximum atomic E-state index is 6.08. The van der Waals surface area contributed by atoms with Crippen molar-refractivity contribution in [3.05, 3.63) is 34.9 Å². The molecule has 1 aromatic carbocycles. The second-order valence-electron chi connectivity index (χ2n) is 6.05. The fourth-order valence-corrected chi connectivity index (χ4v) is 3.26. The summed E-state index contributed by atoms with van der Waals surface area (Å²) >= 11 is 6.08. The van der Waals surface area contributed by atoms with Crippen molar-refractivity contribution in [2.75, 3.05) is 6.54 Å². The first kappa shape index (κ1) is 14.9. The third kappa shape index (κ3) is 4.50. The maximum Gasteiger partial charge on any atom is 0.0409 e. The summed E-state index contributed by atoms with van der Waals surface area (Å²) in [5.41, 5.74) is 1.32. The van der Waals surface area contributed by atoms with Gasteiger partial charge < -0.3 is 5.32 Å². The van der Waals surface area contributed by atoms with E-state index in [9.17, 15) is 0 Å². The Kier molecular flexibility index (Phi) is 5.72. The van der Waals surface area contributed by atoms with E-state index in [2.05, 4.69) is 31.3 Å². The van der Waals surface area contributed by atoms with Crippen LogP contribution in [0.25, 0.3) is 0 Å². The maximum absolute atomic E-state index is 6.08. The average molecular weight is 280 g/mol. The summed E-state index contributed by atoms with van der Waals surface area (Å²) in [6.45, 7) is 5.77. The molecule has 1 aliphatic carbocycles. The minimum atomic E-state index is 0.443. The summed E-state index contributed by atoms with van der Waals surface area (Å²) < 4.78 is 0. The molecule has 0 heterocycles. The third-order valence-electron chi connectivity index (χ3n) is 4.45. The minimum absolute atomic E-state index is 0.443. The Bertz CT molecular complexity index is 383. The molecular weight excluding hydrogens is 254 g/mol. The van der Waals surface area contributed by atoms with E-state index < -0.39 is 0 Å². The van der Waals surface area contributed by atoms with Crippen molar-refractivity contribution < 1.29 is 0 Å². The van der Waals surface area contributed by atoms with E-state index in [0.29, 0.717) is 6.04 Å². The highest BCUT2D eigenvalue weighted by atomic mass is 35.5. The van der Waals surface area contributed by atoms with E-state index in [1.165, 1.54) is 31.2 Å². The smallest absolute Gasteiger partial charge is 0.0409 e. The molecule has 19 heavy (non-hydrogen) atoms. The molecule has 0 bridgehead atoms. The van der Waals surface area contributed by atoms with Crippen LogP contribution in [0, 0.1) is 11.8 Å². The van der Waals surface area contributed by atoms with E-state index in [4.69, 9.17) is 11.6 Å². The van der Waals surface area contributed by atoms with Gasteiger partial charge in [0.25, 0.3) is 0 Å². The van der Waals surface area contributed by atoms with E-state index >= 15 is 0 Å². The van der Waals surface area contributed by atoms with Crippen LogP contribution in [-0.4, -0.2) is 6.54 Å². The zero-order chi connectivity index (χ0) is 13.7. The molecule has 1 atom stereocenters. The molecule has 1 aliphatic rings. The summed E-state index contributed by atoms with van der Waals surface area (Å²) in [5.74, 6) is 1.80. The van der Waals surface area contributed by atoms with Gasteiger partial charge in [-0.15, -0.1) is 0 Å². The Hall–Kier alpha value is -0.530. The Balaban J connectivity index is 1.86. The number of benzene rings is 1. The van der Waals surface area contributed by atoms with Crippen molar-refractivity contribution in [3.63, 3.8) is 0 Å². The topological polar surface area (TPSA) is 12.0 Å². The molecule has 2 rings (SSSR count). The molecule has 1 saturated carbocycles. The first-order chi connectivity index (χ1) is 9.19. The van der Waals surface area contributed by atoms with Crippen LogP contribution in [-0.2, 0) is 0 Å². The van der Waals surface area contributed by atoms with Gasteiger partial charge in [0.1, 0.15) is 0 Å². The van der Waals surface area contributed by atoms with Gasteiger partial charge >= 0.3 is 0 Å². The van der Waals surface area contributed by atoms with Crippen molar-refractivity contribution in [1.82, 2.24) is 5.32 Å². The van der Waals surface area contributed by atoms with E-state index in [-0.39, 0.29) is 0 Å². The third-order valence-corrected chi connectivity index (χ3v) is 4.68. The number of halogens is 1. The van der Waals surface area contributed by atoms with Gasteiger partial charge in [-0.1, -0.05) is 50.4 Å². The van der Waals surface area contributed by atoms with Crippen LogP contribution in [0.5, 0.6) is 0 Å². The van der Waals surface area contributed by atoms with Crippen molar-refractivity contribution in [2.45, 2.75) is 52.0 Å². The van der Waals surface area contributed by atoms with Crippen LogP contribution in [0.2, 0.25) is 5.02 Å². The first-order valence-electron chi connectivity index (χ1n) is 7.68.